The predicted molar refractivity (Wildman–Crippen MR) is 139 cm³/mol. The first kappa shape index (κ1) is 32.5. The number of halogens is 6. The molecule has 1 aromatic heterocycles. The molecule has 0 saturated carbocycles. The minimum absolute atomic E-state index is 0.0184. The fourth-order valence-corrected chi connectivity index (χ4v) is 6.09. The van der Waals surface area contributed by atoms with E-state index >= 15 is 0 Å². The molecule has 0 fully saturated rings. The van der Waals surface area contributed by atoms with E-state index in [1.54, 1.807) is 0 Å². The number of rotatable bonds is 7. The van der Waals surface area contributed by atoms with Crippen LogP contribution in [0.5, 0.6) is 5.75 Å². The number of hydrogen-bond acceptors (Lipinski definition) is 8. The molecule has 2 N–H and O–H groups in total. The summed E-state index contributed by atoms with van der Waals surface area (Å²) in [5.41, 5.74) is -3.01. The highest BCUT2D eigenvalue weighted by Crippen LogP contribution is 2.40. The molecule has 20 heteroatoms. The summed E-state index contributed by atoms with van der Waals surface area (Å²) in [6, 6.07) is 7.08. The number of alkyl halides is 6. The number of fused-ring (bicyclic) bond motifs is 1. The number of carboxylic acid groups (broad SMARTS) is 1. The number of pyridine rings is 1. The molecule has 0 saturated heterocycles. The van der Waals surface area contributed by atoms with Crippen LogP contribution in [-0.2, 0) is 38.4 Å². The molecule has 3 aromatic rings. The van der Waals surface area contributed by atoms with E-state index < -0.39 is 86.6 Å². The van der Waals surface area contributed by atoms with Crippen LogP contribution in [0.15, 0.2) is 65.7 Å². The molecule has 4 rings (SSSR count). The fraction of sp³-hybridized carbons (Fsp3) is 0.208. The lowest BCUT2D eigenvalue weighted by Gasteiger charge is -2.36. The van der Waals surface area contributed by atoms with Gasteiger partial charge in [0, 0.05) is 11.9 Å². The van der Waals surface area contributed by atoms with E-state index in [4.69, 9.17) is 9.84 Å². The highest BCUT2D eigenvalue weighted by molar-refractivity contribution is 7.92. The maximum absolute atomic E-state index is 13.6. The molecule has 44 heavy (non-hydrogen) atoms. The minimum Gasteiger partial charge on any atom is -0.755 e. The maximum atomic E-state index is 13.6. The molecule has 2 unspecified atom stereocenters. The first-order valence-electron chi connectivity index (χ1n) is 11.8. The van der Waals surface area contributed by atoms with Gasteiger partial charge in [-0.05, 0) is 48.5 Å². The number of nitrogens with one attached hydrogen (secondary N) is 1. The van der Waals surface area contributed by atoms with E-state index in [1.807, 2.05) is 5.32 Å². The third kappa shape index (κ3) is 7.03. The van der Waals surface area contributed by atoms with Gasteiger partial charge in [0.05, 0.1) is 45.9 Å². The van der Waals surface area contributed by atoms with Crippen molar-refractivity contribution in [2.45, 2.75) is 29.8 Å². The van der Waals surface area contributed by atoms with Crippen LogP contribution in [0.2, 0.25) is 0 Å². The van der Waals surface area contributed by atoms with Crippen molar-refractivity contribution in [3.63, 3.8) is 0 Å². The second-order valence-electron chi connectivity index (χ2n) is 8.93. The van der Waals surface area contributed by atoms with E-state index in [0.717, 1.165) is 30.3 Å². The third-order valence-electron chi connectivity index (χ3n) is 5.95. The van der Waals surface area contributed by atoms with Crippen molar-refractivity contribution < 1.29 is 63.0 Å². The molecular weight excluding hydrogens is 650 g/mol. The Morgan fingerprint density at radius 1 is 1.07 bits per heavy atom. The Morgan fingerprint density at radius 2 is 1.75 bits per heavy atom. The van der Waals surface area contributed by atoms with Crippen LogP contribution in [0, 0.1) is 0 Å². The Kier molecular flexibility index (Phi) is 8.80. The number of benzene rings is 2. The average Bonchev–Trinajstić information content (AvgIpc) is 2.91. The molecule has 0 radical (unpaired) electrons. The summed E-state index contributed by atoms with van der Waals surface area (Å²) in [5.74, 6) is -2.30. The number of aromatic nitrogens is 1. The Hall–Kier alpha value is -4.43. The quantitative estimate of drug-likeness (QED) is 0.274. The molecule has 1 aliphatic rings. The first-order chi connectivity index (χ1) is 20.4. The van der Waals surface area contributed by atoms with Gasteiger partial charge in [0.25, 0.3) is 10.0 Å². The summed E-state index contributed by atoms with van der Waals surface area (Å²) in [6.07, 6.45) is -13.4. The largest absolute Gasteiger partial charge is 0.755 e. The standard InChI is InChI=1S/C24H18F6N4O8S2/c25-23(26,27)13-2-1-3-17(8-13)44(40,41)33-12-16(42-19-6-5-15(9-18(19)33)32-22(36)37)10-21(35)34(43(38)39)20-7-4-14(11-31-20)24(28,29)30/h1-9,11,16,32H,10,12H2,(H,36,37)(H,38,39)/p-1. The fourth-order valence-electron chi connectivity index (χ4n) is 4.05. The third-order valence-corrected chi connectivity index (χ3v) is 8.42. The number of amides is 2. The normalized spacial score (nSPS) is 16.0. The van der Waals surface area contributed by atoms with Crippen LogP contribution in [0.4, 0.5) is 48.3 Å². The molecule has 2 aromatic carbocycles. The molecule has 12 nitrogen and oxygen atoms in total. The van der Waals surface area contributed by atoms with Crippen molar-refractivity contribution in [3.05, 3.63) is 71.9 Å². The molecule has 2 amide bonds. The lowest BCUT2D eigenvalue weighted by molar-refractivity contribution is -0.138. The van der Waals surface area contributed by atoms with Crippen molar-refractivity contribution in [1.29, 1.82) is 0 Å². The number of nitrogens with zero attached hydrogens (tertiary/aromatic N) is 3. The smallest absolute Gasteiger partial charge is 0.417 e. The molecule has 2 atom stereocenters. The van der Waals surface area contributed by atoms with Crippen LogP contribution in [0.25, 0.3) is 0 Å². The van der Waals surface area contributed by atoms with E-state index in [9.17, 15) is 53.1 Å². The molecule has 2 heterocycles. The zero-order chi connectivity index (χ0) is 32.6. The van der Waals surface area contributed by atoms with E-state index in [-0.39, 0.29) is 21.4 Å². The summed E-state index contributed by atoms with van der Waals surface area (Å²) >= 11 is -3.41. The highest BCUT2D eigenvalue weighted by atomic mass is 32.2. The van der Waals surface area contributed by atoms with E-state index in [1.165, 1.54) is 0 Å². The summed E-state index contributed by atoms with van der Waals surface area (Å²) in [6.45, 7) is -0.784. The average molecular weight is 668 g/mol. The number of hydrogen-bond donors (Lipinski definition) is 2. The zero-order valence-electron chi connectivity index (χ0n) is 21.5. The Morgan fingerprint density at radius 3 is 2.32 bits per heavy atom. The summed E-state index contributed by atoms with van der Waals surface area (Å²) in [7, 11) is -4.87. The zero-order valence-corrected chi connectivity index (χ0v) is 23.1. The van der Waals surface area contributed by atoms with Crippen molar-refractivity contribution in [1.82, 2.24) is 4.98 Å². The molecule has 0 aliphatic carbocycles. The van der Waals surface area contributed by atoms with Gasteiger partial charge in [-0.15, -0.1) is 0 Å². The molecule has 0 spiro atoms. The van der Waals surface area contributed by atoms with Gasteiger partial charge in [0.1, 0.15) is 17.7 Å². The van der Waals surface area contributed by atoms with Gasteiger partial charge in [-0.1, -0.05) is 6.07 Å². The Balaban J connectivity index is 1.71. The number of carbonyl (C=O) groups is 2. The number of sulfonamides is 1. The minimum atomic E-state index is -4.91. The topological polar surface area (TPSA) is 169 Å². The van der Waals surface area contributed by atoms with Gasteiger partial charge >= 0.3 is 18.4 Å². The van der Waals surface area contributed by atoms with Gasteiger partial charge in [0.15, 0.2) is 0 Å². The van der Waals surface area contributed by atoms with Crippen molar-refractivity contribution in [2.24, 2.45) is 0 Å². The Labute approximate surface area is 246 Å². The van der Waals surface area contributed by atoms with Crippen LogP contribution in [-0.4, -0.2) is 51.9 Å². The second kappa shape index (κ2) is 11.9. The maximum Gasteiger partial charge on any atom is 0.417 e. The molecule has 1 aliphatic heterocycles. The monoisotopic (exact) mass is 667 g/mol. The van der Waals surface area contributed by atoms with Crippen LogP contribution < -0.4 is 18.7 Å². The molecule has 236 valence electrons. The van der Waals surface area contributed by atoms with E-state index in [0.29, 0.717) is 34.8 Å². The van der Waals surface area contributed by atoms with Gasteiger partial charge in [0.2, 0.25) is 5.91 Å². The van der Waals surface area contributed by atoms with Gasteiger partial charge in [-0.25, -0.2) is 22.5 Å². The lowest BCUT2D eigenvalue weighted by Crippen LogP contribution is -2.46. The molecule has 0 bridgehead atoms. The van der Waals surface area contributed by atoms with Crippen molar-refractivity contribution in [2.75, 3.05) is 20.5 Å². The number of ether oxygens (including phenoxy) is 1. The SMILES string of the molecule is O=C(O)Nc1ccc2c(c1)N(S(=O)(=O)c1cccc(C(F)(F)F)c1)CC(CC(=O)N(c1ccc(C(F)(F)F)cn1)S(=O)[O-])O2. The van der Waals surface area contributed by atoms with E-state index in [2.05, 4.69) is 4.98 Å². The molecular formula is C24H17F6N4O8S2-. The predicted octanol–water partition coefficient (Wildman–Crippen LogP) is 4.38. The lowest BCUT2D eigenvalue weighted by atomic mass is 10.1. The Bertz CT molecular complexity index is 1720. The summed E-state index contributed by atoms with van der Waals surface area (Å²) in [4.78, 5) is 26.7. The second-order valence-corrected chi connectivity index (χ2v) is 11.6. The van der Waals surface area contributed by atoms with Crippen LogP contribution in [0.3, 0.4) is 0 Å². The number of anilines is 3. The van der Waals surface area contributed by atoms with Crippen LogP contribution in [0.1, 0.15) is 17.5 Å². The highest BCUT2D eigenvalue weighted by Gasteiger charge is 2.39. The van der Waals surface area contributed by atoms with Gasteiger partial charge in [-0.2, -0.15) is 26.3 Å². The van der Waals surface area contributed by atoms with Gasteiger partial charge in [-0.3, -0.25) is 18.6 Å². The summed E-state index contributed by atoms with van der Waals surface area (Å²) < 4.78 is 136. The summed E-state index contributed by atoms with van der Waals surface area (Å²) in [5, 5.41) is 11.0. The van der Waals surface area contributed by atoms with Crippen molar-refractivity contribution in [3.8, 4) is 5.75 Å². The van der Waals surface area contributed by atoms with Crippen molar-refractivity contribution >= 4 is 50.5 Å². The first-order valence-corrected chi connectivity index (χ1v) is 14.3. The van der Waals surface area contributed by atoms with Gasteiger partial charge < -0.3 is 14.4 Å². The number of carbonyl (C=O) groups excluding carboxylic acids is 1. The van der Waals surface area contributed by atoms with Crippen LogP contribution >= 0.6 is 0 Å².